The summed E-state index contributed by atoms with van der Waals surface area (Å²) >= 11 is 0. The highest BCUT2D eigenvalue weighted by molar-refractivity contribution is 5.95. The molecule has 3 aromatic rings. The fourth-order valence-corrected chi connectivity index (χ4v) is 2.00. The summed E-state index contributed by atoms with van der Waals surface area (Å²) in [5.74, 6) is -0.961. The van der Waals surface area contributed by atoms with Gasteiger partial charge in [0.25, 0.3) is 0 Å². The van der Waals surface area contributed by atoms with Gasteiger partial charge in [0.1, 0.15) is 6.33 Å². The van der Waals surface area contributed by atoms with Crippen LogP contribution in [0.2, 0.25) is 0 Å². The number of benzene rings is 2. The van der Waals surface area contributed by atoms with Gasteiger partial charge in [0.2, 0.25) is 0 Å². The Labute approximate surface area is 114 Å². The van der Waals surface area contributed by atoms with Crippen LogP contribution in [-0.4, -0.2) is 21.0 Å². The van der Waals surface area contributed by atoms with Crippen molar-refractivity contribution in [3.8, 4) is 0 Å². The minimum Gasteiger partial charge on any atom is -0.478 e. The molecule has 0 atom stereocenters. The standard InChI is InChI=1S/C15H11N3O2/c19-15(20)12-3-1-2-4-14(12)18-11-5-6-13-10(7-11)8-16-9-17-13/h1-9,18H,(H,19,20). The predicted octanol–water partition coefficient (Wildman–Crippen LogP) is 3.07. The van der Waals surface area contributed by atoms with Crippen molar-refractivity contribution < 1.29 is 9.90 Å². The molecule has 0 saturated heterocycles. The van der Waals surface area contributed by atoms with Crippen LogP contribution in [0.3, 0.4) is 0 Å². The van der Waals surface area contributed by atoms with E-state index < -0.39 is 5.97 Å². The normalized spacial score (nSPS) is 10.4. The number of carboxylic acid groups (broad SMARTS) is 1. The number of aromatic carboxylic acids is 1. The van der Waals surface area contributed by atoms with E-state index in [9.17, 15) is 4.79 Å². The smallest absolute Gasteiger partial charge is 0.337 e. The molecule has 0 radical (unpaired) electrons. The van der Waals surface area contributed by atoms with Crippen LogP contribution in [0.25, 0.3) is 10.9 Å². The molecule has 3 rings (SSSR count). The fraction of sp³-hybridized carbons (Fsp3) is 0. The first-order valence-corrected chi connectivity index (χ1v) is 6.03. The zero-order valence-electron chi connectivity index (χ0n) is 10.4. The van der Waals surface area contributed by atoms with Gasteiger partial charge in [0.05, 0.1) is 16.8 Å². The van der Waals surface area contributed by atoms with Crippen molar-refractivity contribution in [3.05, 3.63) is 60.6 Å². The quantitative estimate of drug-likeness (QED) is 0.761. The van der Waals surface area contributed by atoms with Gasteiger partial charge in [-0.3, -0.25) is 0 Å². The zero-order valence-corrected chi connectivity index (χ0v) is 10.4. The van der Waals surface area contributed by atoms with Gasteiger partial charge < -0.3 is 10.4 Å². The third kappa shape index (κ3) is 2.29. The second-order valence-electron chi connectivity index (χ2n) is 4.27. The van der Waals surface area contributed by atoms with Crippen LogP contribution in [0.5, 0.6) is 0 Å². The molecule has 0 amide bonds. The Morgan fingerprint density at radius 2 is 2.00 bits per heavy atom. The Kier molecular flexibility index (Phi) is 3.01. The highest BCUT2D eigenvalue weighted by atomic mass is 16.4. The molecular formula is C15H11N3O2. The Hall–Kier alpha value is -2.95. The minimum atomic E-state index is -0.961. The number of nitrogens with zero attached hydrogens (tertiary/aromatic N) is 2. The van der Waals surface area contributed by atoms with Gasteiger partial charge in [-0.1, -0.05) is 12.1 Å². The molecule has 1 heterocycles. The third-order valence-corrected chi connectivity index (χ3v) is 2.94. The molecular weight excluding hydrogens is 254 g/mol. The van der Waals surface area contributed by atoms with Crippen molar-refractivity contribution in [2.45, 2.75) is 0 Å². The number of hydrogen-bond acceptors (Lipinski definition) is 4. The number of carbonyl (C=O) groups is 1. The van der Waals surface area contributed by atoms with Crippen LogP contribution in [0.1, 0.15) is 10.4 Å². The van der Waals surface area contributed by atoms with Crippen LogP contribution < -0.4 is 5.32 Å². The minimum absolute atomic E-state index is 0.233. The van der Waals surface area contributed by atoms with Crippen LogP contribution in [0.4, 0.5) is 11.4 Å². The summed E-state index contributed by atoms with van der Waals surface area (Å²) in [6.45, 7) is 0. The number of carboxylic acids is 1. The lowest BCUT2D eigenvalue weighted by Crippen LogP contribution is -2.02. The zero-order chi connectivity index (χ0) is 13.9. The molecule has 1 aromatic heterocycles. The highest BCUT2D eigenvalue weighted by Gasteiger charge is 2.09. The van der Waals surface area contributed by atoms with Gasteiger partial charge in [0.15, 0.2) is 0 Å². The topological polar surface area (TPSA) is 75.1 Å². The molecule has 0 aliphatic carbocycles. The van der Waals surface area contributed by atoms with Gasteiger partial charge in [-0.2, -0.15) is 0 Å². The van der Waals surface area contributed by atoms with E-state index in [1.54, 1.807) is 30.5 Å². The Morgan fingerprint density at radius 3 is 2.85 bits per heavy atom. The number of anilines is 2. The second-order valence-corrected chi connectivity index (χ2v) is 4.27. The maximum Gasteiger partial charge on any atom is 0.337 e. The van der Waals surface area contributed by atoms with E-state index in [1.807, 2.05) is 18.2 Å². The van der Waals surface area contributed by atoms with Gasteiger partial charge >= 0.3 is 5.97 Å². The van der Waals surface area contributed by atoms with Gasteiger partial charge in [-0.15, -0.1) is 0 Å². The van der Waals surface area contributed by atoms with E-state index in [1.165, 1.54) is 6.33 Å². The lowest BCUT2D eigenvalue weighted by Gasteiger charge is -2.09. The maximum atomic E-state index is 11.2. The summed E-state index contributed by atoms with van der Waals surface area (Å²) in [5.41, 5.74) is 2.42. The molecule has 2 aromatic carbocycles. The lowest BCUT2D eigenvalue weighted by molar-refractivity contribution is 0.0698. The second kappa shape index (κ2) is 4.97. The number of fused-ring (bicyclic) bond motifs is 1. The van der Waals surface area contributed by atoms with E-state index in [0.717, 1.165) is 16.6 Å². The summed E-state index contributed by atoms with van der Waals surface area (Å²) in [7, 11) is 0. The maximum absolute atomic E-state index is 11.2. The molecule has 98 valence electrons. The summed E-state index contributed by atoms with van der Waals surface area (Å²) in [4.78, 5) is 19.3. The Balaban J connectivity index is 1.99. The number of rotatable bonds is 3. The van der Waals surface area contributed by atoms with Crippen molar-refractivity contribution in [2.75, 3.05) is 5.32 Å². The first kappa shape index (κ1) is 12.1. The van der Waals surface area contributed by atoms with Crippen molar-refractivity contribution in [1.29, 1.82) is 0 Å². The van der Waals surface area contributed by atoms with Crippen LogP contribution in [-0.2, 0) is 0 Å². The molecule has 20 heavy (non-hydrogen) atoms. The molecule has 5 nitrogen and oxygen atoms in total. The van der Waals surface area contributed by atoms with Crippen LogP contribution in [0.15, 0.2) is 55.0 Å². The molecule has 0 saturated carbocycles. The van der Waals surface area contributed by atoms with Crippen molar-refractivity contribution in [1.82, 2.24) is 9.97 Å². The van der Waals surface area contributed by atoms with E-state index in [4.69, 9.17) is 5.11 Å². The molecule has 5 heteroatoms. The summed E-state index contributed by atoms with van der Waals surface area (Å²) in [6, 6.07) is 12.4. The molecule has 2 N–H and O–H groups in total. The summed E-state index contributed by atoms with van der Waals surface area (Å²) in [5, 5.41) is 13.2. The monoisotopic (exact) mass is 265 g/mol. The lowest BCUT2D eigenvalue weighted by atomic mass is 10.1. The van der Waals surface area contributed by atoms with Gasteiger partial charge in [-0.25, -0.2) is 14.8 Å². The molecule has 0 aliphatic heterocycles. The van der Waals surface area contributed by atoms with E-state index in [2.05, 4.69) is 15.3 Å². The van der Waals surface area contributed by atoms with Crippen LogP contribution >= 0.6 is 0 Å². The summed E-state index contributed by atoms with van der Waals surface area (Å²) < 4.78 is 0. The van der Waals surface area contributed by atoms with Crippen molar-refractivity contribution in [3.63, 3.8) is 0 Å². The van der Waals surface area contributed by atoms with E-state index >= 15 is 0 Å². The van der Waals surface area contributed by atoms with Gasteiger partial charge in [0, 0.05) is 17.3 Å². The molecule has 0 aliphatic rings. The van der Waals surface area contributed by atoms with Gasteiger partial charge in [-0.05, 0) is 30.3 Å². The Morgan fingerprint density at radius 1 is 1.15 bits per heavy atom. The molecule has 0 unspecified atom stereocenters. The largest absolute Gasteiger partial charge is 0.478 e. The highest BCUT2D eigenvalue weighted by Crippen LogP contribution is 2.23. The average molecular weight is 265 g/mol. The van der Waals surface area contributed by atoms with E-state index in [0.29, 0.717) is 5.69 Å². The van der Waals surface area contributed by atoms with Crippen LogP contribution in [0, 0.1) is 0 Å². The summed E-state index contributed by atoms with van der Waals surface area (Å²) in [6.07, 6.45) is 3.21. The first-order valence-electron chi connectivity index (χ1n) is 6.03. The SMILES string of the molecule is O=C(O)c1ccccc1Nc1ccc2ncncc2c1. The Bertz CT molecular complexity index is 787. The molecule has 0 fully saturated rings. The average Bonchev–Trinajstić information content (AvgIpc) is 2.47. The molecule has 0 spiro atoms. The third-order valence-electron chi connectivity index (χ3n) is 2.94. The van der Waals surface area contributed by atoms with E-state index in [-0.39, 0.29) is 5.56 Å². The van der Waals surface area contributed by atoms with Crippen molar-refractivity contribution >= 4 is 28.2 Å². The first-order chi connectivity index (χ1) is 9.74. The molecule has 0 bridgehead atoms. The number of nitrogens with one attached hydrogen (secondary N) is 1. The number of aromatic nitrogens is 2. The number of hydrogen-bond donors (Lipinski definition) is 2. The number of para-hydroxylation sites is 1. The fourth-order valence-electron chi connectivity index (χ4n) is 2.00. The predicted molar refractivity (Wildman–Crippen MR) is 76.2 cm³/mol. The van der Waals surface area contributed by atoms with Crippen molar-refractivity contribution in [2.24, 2.45) is 0 Å².